The number of esters is 1. The summed E-state index contributed by atoms with van der Waals surface area (Å²) >= 11 is 0. The monoisotopic (exact) mass is 394 g/mol. The highest BCUT2D eigenvalue weighted by atomic mass is 16.5. The van der Waals surface area contributed by atoms with Gasteiger partial charge in [-0.3, -0.25) is 9.59 Å². The molecule has 152 valence electrons. The molecule has 0 saturated heterocycles. The third-order valence-electron chi connectivity index (χ3n) is 5.32. The van der Waals surface area contributed by atoms with Crippen molar-refractivity contribution in [3.05, 3.63) is 65.2 Å². The maximum absolute atomic E-state index is 13.1. The fourth-order valence-electron chi connectivity index (χ4n) is 3.87. The van der Waals surface area contributed by atoms with Gasteiger partial charge in [0.1, 0.15) is 17.4 Å². The van der Waals surface area contributed by atoms with Crippen molar-refractivity contribution in [2.75, 3.05) is 20.8 Å². The van der Waals surface area contributed by atoms with Crippen molar-refractivity contribution < 1.29 is 23.8 Å². The lowest BCUT2D eigenvalue weighted by Gasteiger charge is -2.30. The van der Waals surface area contributed by atoms with Crippen molar-refractivity contribution in [2.45, 2.75) is 26.2 Å². The molecule has 5 heteroatoms. The van der Waals surface area contributed by atoms with Crippen molar-refractivity contribution in [3.8, 4) is 11.5 Å². The molecule has 0 aromatic heterocycles. The van der Waals surface area contributed by atoms with Gasteiger partial charge in [-0.25, -0.2) is 0 Å². The van der Waals surface area contributed by atoms with Crippen LogP contribution in [-0.4, -0.2) is 32.6 Å². The largest absolute Gasteiger partial charge is 0.497 e. The number of allylic oxidation sites excluding steroid dienone is 2. The molecule has 0 heterocycles. The molecule has 0 unspecified atom stereocenters. The van der Waals surface area contributed by atoms with E-state index in [-0.39, 0.29) is 18.3 Å². The van der Waals surface area contributed by atoms with Crippen molar-refractivity contribution in [1.29, 1.82) is 0 Å². The number of carbonyl (C=O) groups is 2. The van der Waals surface area contributed by atoms with Crippen LogP contribution in [0.4, 0.5) is 0 Å². The average molecular weight is 394 g/mol. The van der Waals surface area contributed by atoms with Crippen LogP contribution in [0.25, 0.3) is 5.57 Å². The highest BCUT2D eigenvalue weighted by molar-refractivity contribution is 6.10. The van der Waals surface area contributed by atoms with Crippen LogP contribution in [0.1, 0.15) is 36.0 Å². The van der Waals surface area contributed by atoms with Gasteiger partial charge in [-0.2, -0.15) is 0 Å². The molecule has 2 aromatic rings. The number of ether oxygens (including phenoxy) is 3. The smallest absolute Gasteiger partial charge is 0.317 e. The van der Waals surface area contributed by atoms with Crippen molar-refractivity contribution >= 4 is 17.3 Å². The second kappa shape index (κ2) is 8.95. The second-order valence-corrected chi connectivity index (χ2v) is 7.07. The van der Waals surface area contributed by atoms with Crippen molar-refractivity contribution in [2.24, 2.45) is 5.92 Å². The summed E-state index contributed by atoms with van der Waals surface area (Å²) in [7, 11) is 3.18. The van der Waals surface area contributed by atoms with E-state index in [1.54, 1.807) is 33.3 Å². The van der Waals surface area contributed by atoms with Gasteiger partial charge in [-0.15, -0.1) is 0 Å². The van der Waals surface area contributed by atoms with Crippen LogP contribution in [0.15, 0.2) is 48.5 Å². The summed E-state index contributed by atoms with van der Waals surface area (Å²) in [6.07, 6.45) is 2.10. The van der Waals surface area contributed by atoms with E-state index in [0.717, 1.165) is 22.3 Å². The second-order valence-electron chi connectivity index (χ2n) is 7.07. The summed E-state index contributed by atoms with van der Waals surface area (Å²) in [5.41, 5.74) is 3.72. The molecule has 3 rings (SSSR count). The molecule has 0 fully saturated rings. The number of ketones is 1. The van der Waals surface area contributed by atoms with E-state index < -0.39 is 11.9 Å². The minimum atomic E-state index is -0.840. The van der Waals surface area contributed by atoms with Crippen LogP contribution in [0.2, 0.25) is 0 Å². The van der Waals surface area contributed by atoms with Crippen molar-refractivity contribution in [3.63, 3.8) is 0 Å². The molecule has 29 heavy (non-hydrogen) atoms. The summed E-state index contributed by atoms with van der Waals surface area (Å²) in [6.45, 7) is 3.99. The lowest BCUT2D eigenvalue weighted by molar-refractivity contribution is -0.151. The highest BCUT2D eigenvalue weighted by Crippen LogP contribution is 2.42. The molecule has 0 radical (unpaired) electrons. The Morgan fingerprint density at radius 1 is 1.07 bits per heavy atom. The van der Waals surface area contributed by atoms with E-state index in [1.807, 2.05) is 43.3 Å². The molecule has 2 atom stereocenters. The number of rotatable bonds is 6. The van der Waals surface area contributed by atoms with E-state index in [0.29, 0.717) is 17.9 Å². The van der Waals surface area contributed by atoms with Gasteiger partial charge < -0.3 is 14.2 Å². The minimum absolute atomic E-state index is 0.236. The Kier molecular flexibility index (Phi) is 6.37. The zero-order chi connectivity index (χ0) is 21.0. The molecule has 1 aliphatic rings. The van der Waals surface area contributed by atoms with Gasteiger partial charge in [0.15, 0.2) is 5.78 Å². The molecule has 2 aromatic carbocycles. The molecular formula is C24H26O5. The maximum Gasteiger partial charge on any atom is 0.317 e. The minimum Gasteiger partial charge on any atom is -0.497 e. The highest BCUT2D eigenvalue weighted by Gasteiger charge is 2.40. The number of methoxy groups -OCH3 is 2. The Balaban J connectivity index is 2.08. The number of hydrogen-bond acceptors (Lipinski definition) is 5. The molecule has 1 aliphatic carbocycles. The maximum atomic E-state index is 13.1. The summed E-state index contributed by atoms with van der Waals surface area (Å²) in [5.74, 6) is -0.545. The van der Waals surface area contributed by atoms with Crippen LogP contribution in [0.3, 0.4) is 0 Å². The molecule has 0 saturated carbocycles. The molecule has 0 amide bonds. The number of aryl methyl sites for hydroxylation is 1. The molecular weight excluding hydrogens is 368 g/mol. The van der Waals surface area contributed by atoms with Crippen LogP contribution in [0.5, 0.6) is 11.5 Å². The van der Waals surface area contributed by atoms with Crippen LogP contribution < -0.4 is 9.47 Å². The van der Waals surface area contributed by atoms with Gasteiger partial charge in [0.05, 0.1) is 20.8 Å². The first-order valence-corrected chi connectivity index (χ1v) is 9.68. The Hall–Kier alpha value is -3.08. The molecule has 0 spiro atoms. The summed E-state index contributed by atoms with van der Waals surface area (Å²) in [5, 5.41) is 0. The first kappa shape index (κ1) is 20.6. The van der Waals surface area contributed by atoms with Gasteiger partial charge >= 0.3 is 5.97 Å². The lowest BCUT2D eigenvalue weighted by Crippen LogP contribution is -2.34. The third kappa shape index (κ3) is 4.34. The first-order chi connectivity index (χ1) is 14.0. The first-order valence-electron chi connectivity index (χ1n) is 9.68. The average Bonchev–Trinajstić information content (AvgIpc) is 2.73. The van der Waals surface area contributed by atoms with E-state index in [1.165, 1.54) is 0 Å². The summed E-state index contributed by atoms with van der Waals surface area (Å²) < 4.78 is 16.0. The van der Waals surface area contributed by atoms with Gasteiger partial charge in [0.25, 0.3) is 0 Å². The van der Waals surface area contributed by atoms with Gasteiger partial charge in [0.2, 0.25) is 0 Å². The summed E-state index contributed by atoms with van der Waals surface area (Å²) in [4.78, 5) is 25.7. The number of benzene rings is 2. The summed E-state index contributed by atoms with van der Waals surface area (Å²) in [6, 6.07) is 13.4. The molecule has 5 nitrogen and oxygen atoms in total. The number of hydrogen-bond donors (Lipinski definition) is 0. The van der Waals surface area contributed by atoms with Crippen LogP contribution in [-0.2, 0) is 14.3 Å². The van der Waals surface area contributed by atoms with E-state index >= 15 is 0 Å². The number of carbonyl (C=O) groups excluding carboxylic acids is 2. The Morgan fingerprint density at radius 2 is 1.72 bits per heavy atom. The SMILES string of the molecule is CCOC(=O)[C@H]1C(=O)C=C(c2cc(OC)cc(OC)c2)C[C@@H]1c1ccccc1C. The van der Waals surface area contributed by atoms with Gasteiger partial charge in [0, 0.05) is 12.0 Å². The normalized spacial score (nSPS) is 18.8. The Bertz CT molecular complexity index is 922. The van der Waals surface area contributed by atoms with Crippen LogP contribution >= 0.6 is 0 Å². The zero-order valence-corrected chi connectivity index (χ0v) is 17.2. The zero-order valence-electron chi connectivity index (χ0n) is 17.2. The quantitative estimate of drug-likeness (QED) is 0.539. The van der Waals surface area contributed by atoms with Crippen molar-refractivity contribution in [1.82, 2.24) is 0 Å². The molecule has 0 bridgehead atoms. The predicted octanol–water partition coefficient (Wildman–Crippen LogP) is 4.33. The molecule has 0 aliphatic heterocycles. The Morgan fingerprint density at radius 3 is 2.31 bits per heavy atom. The van der Waals surface area contributed by atoms with Gasteiger partial charge in [-0.05, 0) is 60.7 Å². The van der Waals surface area contributed by atoms with Gasteiger partial charge in [-0.1, -0.05) is 24.3 Å². The lowest BCUT2D eigenvalue weighted by atomic mass is 9.72. The fourth-order valence-corrected chi connectivity index (χ4v) is 3.87. The fraction of sp³-hybridized carbons (Fsp3) is 0.333. The van der Waals surface area contributed by atoms with Crippen LogP contribution in [0, 0.1) is 12.8 Å². The van der Waals surface area contributed by atoms with E-state index in [4.69, 9.17) is 14.2 Å². The van der Waals surface area contributed by atoms with E-state index in [2.05, 4.69) is 0 Å². The molecule has 0 N–H and O–H groups in total. The topological polar surface area (TPSA) is 61.8 Å². The Labute approximate surface area is 171 Å². The van der Waals surface area contributed by atoms with E-state index in [9.17, 15) is 9.59 Å². The third-order valence-corrected chi connectivity index (χ3v) is 5.32. The standard InChI is InChI=1S/C24H26O5/c1-5-29-24(26)23-21(20-9-7-6-8-15(20)2)12-17(13-22(23)25)16-10-18(27-3)14-19(11-16)28-4/h6-11,13-14,21,23H,5,12H2,1-4H3/t21-,23-/m1/s1. The predicted molar refractivity (Wildman–Crippen MR) is 111 cm³/mol.